The number of imide groups is 1. The number of benzene rings is 2. The van der Waals surface area contributed by atoms with Gasteiger partial charge in [-0.2, -0.15) is 0 Å². The highest BCUT2D eigenvalue weighted by Crippen LogP contribution is 2.52. The van der Waals surface area contributed by atoms with Crippen LogP contribution in [-0.4, -0.2) is 35.2 Å². The molecule has 5 nitrogen and oxygen atoms in total. The lowest BCUT2D eigenvalue weighted by Crippen LogP contribution is -2.43. The van der Waals surface area contributed by atoms with Crippen molar-refractivity contribution in [3.63, 3.8) is 0 Å². The van der Waals surface area contributed by atoms with E-state index in [1.54, 1.807) is 18.2 Å². The third-order valence-corrected chi connectivity index (χ3v) is 5.41. The largest absolute Gasteiger partial charge is 0.393 e. The van der Waals surface area contributed by atoms with E-state index in [2.05, 4.69) is 0 Å². The van der Waals surface area contributed by atoms with Crippen LogP contribution in [0.3, 0.4) is 0 Å². The molecule has 3 heterocycles. The molecule has 24 heavy (non-hydrogen) atoms. The van der Waals surface area contributed by atoms with Crippen LogP contribution in [0.4, 0.5) is 5.69 Å². The van der Waals surface area contributed by atoms with Crippen molar-refractivity contribution < 1.29 is 19.4 Å². The number of fused-ring (bicyclic) bond motifs is 6. The van der Waals surface area contributed by atoms with Gasteiger partial charge in [0.15, 0.2) is 0 Å². The summed E-state index contributed by atoms with van der Waals surface area (Å²) >= 11 is 0. The van der Waals surface area contributed by atoms with E-state index in [9.17, 15) is 14.7 Å². The first-order chi connectivity index (χ1) is 11.7. The van der Waals surface area contributed by atoms with Gasteiger partial charge in [-0.3, -0.25) is 9.59 Å². The van der Waals surface area contributed by atoms with Crippen molar-refractivity contribution >= 4 is 28.3 Å². The number of carbonyl (C=O) groups excluding carboxylic acids is 2. The first-order valence-corrected chi connectivity index (χ1v) is 8.00. The summed E-state index contributed by atoms with van der Waals surface area (Å²) in [5, 5.41) is 11.6. The molecule has 2 fully saturated rings. The molecule has 0 aromatic heterocycles. The molecule has 0 aliphatic carbocycles. The molecule has 0 spiro atoms. The zero-order valence-electron chi connectivity index (χ0n) is 12.8. The smallest absolute Gasteiger partial charge is 0.241 e. The Labute approximate surface area is 138 Å². The maximum absolute atomic E-state index is 13.1. The fourth-order valence-electron chi connectivity index (χ4n) is 4.32. The zero-order chi connectivity index (χ0) is 16.5. The predicted octanol–water partition coefficient (Wildman–Crippen LogP) is 1.65. The standard InChI is InChI=1S/C19H15NO4/c21-10-19-9-8-14(24-19)15-16(19)18(23)20(17(15)22)13-7-3-5-11-4-1-2-6-12(11)13/h1-9,14-16,21H,10H2/t14-,15+,16+,19+/m1/s1. The van der Waals surface area contributed by atoms with Gasteiger partial charge in [0.1, 0.15) is 5.60 Å². The van der Waals surface area contributed by atoms with E-state index in [1.807, 2.05) is 36.4 Å². The van der Waals surface area contributed by atoms with Gasteiger partial charge in [-0.1, -0.05) is 48.6 Å². The molecule has 2 aromatic rings. The lowest BCUT2D eigenvalue weighted by Gasteiger charge is -2.26. The van der Waals surface area contributed by atoms with Crippen molar-refractivity contribution in [3.8, 4) is 0 Å². The van der Waals surface area contributed by atoms with Gasteiger partial charge in [-0.05, 0) is 11.5 Å². The van der Waals surface area contributed by atoms with Gasteiger partial charge in [0.05, 0.1) is 30.2 Å². The van der Waals surface area contributed by atoms with E-state index in [1.165, 1.54) is 4.90 Å². The molecule has 3 aliphatic heterocycles. The average molecular weight is 321 g/mol. The van der Waals surface area contributed by atoms with Crippen LogP contribution in [0.1, 0.15) is 0 Å². The van der Waals surface area contributed by atoms with E-state index in [0.29, 0.717) is 5.69 Å². The minimum absolute atomic E-state index is 0.244. The molecule has 2 aromatic carbocycles. The van der Waals surface area contributed by atoms with Gasteiger partial charge >= 0.3 is 0 Å². The van der Waals surface area contributed by atoms with Crippen molar-refractivity contribution in [2.45, 2.75) is 11.7 Å². The number of hydrogen-bond acceptors (Lipinski definition) is 4. The Morgan fingerprint density at radius 2 is 1.88 bits per heavy atom. The molecule has 1 N–H and O–H groups in total. The maximum Gasteiger partial charge on any atom is 0.241 e. The summed E-state index contributed by atoms with van der Waals surface area (Å²) in [6.45, 7) is -0.302. The average Bonchev–Trinajstić information content (AvgIpc) is 3.26. The number of rotatable bonds is 2. The second-order valence-electron chi connectivity index (χ2n) is 6.57. The quantitative estimate of drug-likeness (QED) is 0.674. The van der Waals surface area contributed by atoms with Crippen molar-refractivity contribution in [1.82, 2.24) is 0 Å². The summed E-state index contributed by atoms with van der Waals surface area (Å²) in [7, 11) is 0. The Kier molecular flexibility index (Phi) is 2.62. The Bertz CT molecular complexity index is 915. The molecule has 2 amide bonds. The number of amides is 2. The van der Waals surface area contributed by atoms with Crippen LogP contribution in [0.2, 0.25) is 0 Å². The van der Waals surface area contributed by atoms with E-state index >= 15 is 0 Å². The molecule has 0 radical (unpaired) electrons. The number of anilines is 1. The van der Waals surface area contributed by atoms with Gasteiger partial charge in [0.2, 0.25) is 11.8 Å². The van der Waals surface area contributed by atoms with E-state index in [-0.39, 0.29) is 18.4 Å². The topological polar surface area (TPSA) is 66.8 Å². The van der Waals surface area contributed by atoms with Crippen LogP contribution < -0.4 is 4.90 Å². The maximum atomic E-state index is 13.1. The minimum Gasteiger partial charge on any atom is -0.393 e. The lowest BCUT2D eigenvalue weighted by molar-refractivity contribution is -0.128. The summed E-state index contributed by atoms with van der Waals surface area (Å²) in [5.41, 5.74) is -0.452. The number of hydrogen-bond donors (Lipinski definition) is 1. The van der Waals surface area contributed by atoms with Gasteiger partial charge < -0.3 is 9.84 Å². The highest BCUT2D eigenvalue weighted by atomic mass is 16.5. The predicted molar refractivity (Wildman–Crippen MR) is 87.3 cm³/mol. The highest BCUT2D eigenvalue weighted by Gasteiger charge is 2.67. The molecule has 4 atom stereocenters. The van der Waals surface area contributed by atoms with Crippen LogP contribution in [0.25, 0.3) is 10.8 Å². The normalized spacial score (nSPS) is 33.7. The molecule has 5 rings (SSSR count). The fourth-order valence-corrected chi connectivity index (χ4v) is 4.32. The molecule has 120 valence electrons. The second-order valence-corrected chi connectivity index (χ2v) is 6.57. The van der Waals surface area contributed by atoms with Crippen LogP contribution in [0, 0.1) is 11.8 Å². The van der Waals surface area contributed by atoms with Crippen LogP contribution >= 0.6 is 0 Å². The third-order valence-electron chi connectivity index (χ3n) is 5.41. The first-order valence-electron chi connectivity index (χ1n) is 8.00. The number of carbonyl (C=O) groups is 2. The number of aliphatic hydroxyl groups excluding tert-OH is 1. The van der Waals surface area contributed by atoms with Crippen molar-refractivity contribution in [3.05, 3.63) is 54.6 Å². The molecule has 0 saturated carbocycles. The molecular weight excluding hydrogens is 306 g/mol. The Morgan fingerprint density at radius 3 is 2.71 bits per heavy atom. The van der Waals surface area contributed by atoms with E-state index in [4.69, 9.17) is 4.74 Å². The van der Waals surface area contributed by atoms with Crippen molar-refractivity contribution in [2.75, 3.05) is 11.5 Å². The first kappa shape index (κ1) is 13.9. The summed E-state index contributed by atoms with van der Waals surface area (Å²) in [5.74, 6) is -1.73. The summed E-state index contributed by atoms with van der Waals surface area (Å²) in [4.78, 5) is 27.4. The highest BCUT2D eigenvalue weighted by molar-refractivity contribution is 6.26. The minimum atomic E-state index is -1.05. The summed E-state index contributed by atoms with van der Waals surface area (Å²) in [6.07, 6.45) is 3.09. The summed E-state index contributed by atoms with van der Waals surface area (Å²) < 4.78 is 5.76. The third kappa shape index (κ3) is 1.51. The molecular formula is C19H15NO4. The summed E-state index contributed by atoms with van der Waals surface area (Å²) in [6, 6.07) is 13.3. The van der Waals surface area contributed by atoms with Crippen LogP contribution in [-0.2, 0) is 14.3 Å². The van der Waals surface area contributed by atoms with Crippen molar-refractivity contribution in [1.29, 1.82) is 0 Å². The fraction of sp³-hybridized carbons (Fsp3) is 0.263. The molecule has 0 unspecified atom stereocenters. The monoisotopic (exact) mass is 321 g/mol. The van der Waals surface area contributed by atoms with E-state index < -0.39 is 23.5 Å². The van der Waals surface area contributed by atoms with Gasteiger partial charge in [-0.15, -0.1) is 0 Å². The number of nitrogens with zero attached hydrogens (tertiary/aromatic N) is 1. The zero-order valence-corrected chi connectivity index (χ0v) is 12.8. The van der Waals surface area contributed by atoms with Gasteiger partial charge in [0, 0.05) is 5.39 Å². The number of ether oxygens (including phenoxy) is 1. The Morgan fingerprint density at radius 1 is 1.08 bits per heavy atom. The Hall–Kier alpha value is -2.50. The molecule has 3 aliphatic rings. The van der Waals surface area contributed by atoms with Crippen LogP contribution in [0.5, 0.6) is 0 Å². The van der Waals surface area contributed by atoms with Crippen molar-refractivity contribution in [2.24, 2.45) is 11.8 Å². The SMILES string of the molecule is O=C1[C@@H]2[C@@H](C(=O)N1c1cccc3ccccc13)[C@@]1(CO)C=C[C@H]2O1. The van der Waals surface area contributed by atoms with Gasteiger partial charge in [-0.25, -0.2) is 4.90 Å². The molecule has 2 bridgehead atoms. The molecule has 2 saturated heterocycles. The lowest BCUT2D eigenvalue weighted by atomic mass is 9.77. The van der Waals surface area contributed by atoms with Crippen LogP contribution in [0.15, 0.2) is 54.6 Å². The second kappa shape index (κ2) is 4.53. The number of aliphatic hydroxyl groups is 1. The van der Waals surface area contributed by atoms with E-state index in [0.717, 1.165) is 10.8 Å². The molecule has 5 heteroatoms. The Balaban J connectivity index is 1.67. The van der Waals surface area contributed by atoms with Gasteiger partial charge in [0.25, 0.3) is 0 Å².